The lowest BCUT2D eigenvalue weighted by Gasteiger charge is -2.44. The lowest BCUT2D eigenvalue weighted by atomic mass is 9.67. The number of piperidine rings is 1. The maximum absolute atomic E-state index is 12.2. The molecule has 1 saturated heterocycles. The number of phenols is 1. The van der Waals surface area contributed by atoms with E-state index in [1.54, 1.807) is 13.0 Å². The molecule has 2 aliphatic rings. The number of hydrogen-bond donors (Lipinski definition) is 3. The van der Waals surface area contributed by atoms with E-state index in [0.717, 1.165) is 49.9 Å². The molecule has 8 nitrogen and oxygen atoms in total. The third kappa shape index (κ3) is 7.58. The third-order valence-electron chi connectivity index (χ3n) is 7.24. The van der Waals surface area contributed by atoms with Gasteiger partial charge in [0.25, 0.3) is 0 Å². The minimum absolute atomic E-state index is 0.160. The molecule has 0 aliphatic carbocycles. The number of fused-ring (bicyclic) bond motifs is 1. The molecule has 35 heavy (non-hydrogen) atoms. The Labute approximate surface area is 208 Å². The number of nitrogens with one attached hydrogen (secondary N) is 1. The summed E-state index contributed by atoms with van der Waals surface area (Å²) in [6.45, 7) is 6.75. The second kappa shape index (κ2) is 12.6. The van der Waals surface area contributed by atoms with Gasteiger partial charge in [-0.05, 0) is 83.0 Å². The molecule has 0 radical (unpaired) electrons. The van der Waals surface area contributed by atoms with E-state index in [-0.39, 0.29) is 23.1 Å². The van der Waals surface area contributed by atoms with E-state index < -0.39 is 18.3 Å². The van der Waals surface area contributed by atoms with E-state index in [9.17, 15) is 19.8 Å². The van der Waals surface area contributed by atoms with Crippen molar-refractivity contribution in [1.29, 1.82) is 0 Å². The highest BCUT2D eigenvalue weighted by molar-refractivity contribution is 5.66. The van der Waals surface area contributed by atoms with Crippen LogP contribution >= 0.6 is 0 Å². The van der Waals surface area contributed by atoms with Crippen LogP contribution in [-0.2, 0) is 31.9 Å². The maximum Gasteiger partial charge on any atom is 0.302 e. The van der Waals surface area contributed by atoms with Crippen molar-refractivity contribution in [2.24, 2.45) is 5.41 Å². The number of carbonyl (C=O) groups excluding carboxylic acids is 2. The van der Waals surface area contributed by atoms with Gasteiger partial charge in [0.1, 0.15) is 12.2 Å². The molecule has 0 aromatic heterocycles. The number of aliphatic hydroxyl groups is 1. The van der Waals surface area contributed by atoms with Crippen molar-refractivity contribution < 1.29 is 34.0 Å². The molecule has 1 aromatic rings. The minimum Gasteiger partial charge on any atom is -0.504 e. The lowest BCUT2D eigenvalue weighted by molar-refractivity contribution is -0.162. The summed E-state index contributed by atoms with van der Waals surface area (Å²) in [5.41, 5.74) is 1.79. The number of carbonyl (C=O) groups is 2. The number of aromatic hydroxyl groups is 1. The largest absolute Gasteiger partial charge is 0.504 e. The Hall–Kier alpha value is -2.32. The fraction of sp³-hybridized carbons (Fsp3) is 0.704. The summed E-state index contributed by atoms with van der Waals surface area (Å²) < 4.78 is 17.4. The van der Waals surface area contributed by atoms with Gasteiger partial charge in [-0.15, -0.1) is 0 Å². The van der Waals surface area contributed by atoms with Crippen LogP contribution in [0.1, 0.15) is 76.8 Å². The van der Waals surface area contributed by atoms with Crippen molar-refractivity contribution >= 4 is 11.9 Å². The van der Waals surface area contributed by atoms with Gasteiger partial charge in [0.15, 0.2) is 11.5 Å². The number of esters is 2. The molecule has 196 valence electrons. The molecule has 1 fully saturated rings. The number of aliphatic hydroxyl groups excluding tert-OH is 1. The Morgan fingerprint density at radius 2 is 1.86 bits per heavy atom. The average Bonchev–Trinajstić information content (AvgIpc) is 2.80. The van der Waals surface area contributed by atoms with Crippen LogP contribution in [0.25, 0.3) is 0 Å². The van der Waals surface area contributed by atoms with Gasteiger partial charge in [-0.2, -0.15) is 0 Å². The predicted octanol–water partition coefficient (Wildman–Crippen LogP) is 3.43. The second-order valence-corrected chi connectivity index (χ2v) is 10.1. The van der Waals surface area contributed by atoms with Crippen molar-refractivity contribution in [2.45, 2.75) is 96.9 Å². The Balaban J connectivity index is 1.91. The summed E-state index contributed by atoms with van der Waals surface area (Å²) in [4.78, 5) is 24.1. The molecular formula is C27H41NO7. The molecule has 3 atom stereocenters. The van der Waals surface area contributed by atoms with Crippen molar-refractivity contribution in [1.82, 2.24) is 5.32 Å². The highest BCUT2D eigenvalue weighted by Crippen LogP contribution is 2.44. The third-order valence-corrected chi connectivity index (χ3v) is 7.24. The van der Waals surface area contributed by atoms with Gasteiger partial charge in [0.05, 0.1) is 12.7 Å². The van der Waals surface area contributed by atoms with Gasteiger partial charge < -0.3 is 29.7 Å². The van der Waals surface area contributed by atoms with Crippen molar-refractivity contribution in [2.75, 3.05) is 19.7 Å². The standard InChI is InChI=1S/C27H41NO7/c1-18(29)6-4-7-22(34-19(2)30)16-25(35-20(3)31)27(11-13-28-14-12-27)17-21-9-10-24(32)26-23(21)8-5-15-33-26/h9-10,18,22,25,28-29,32H,4-8,11-17H2,1-3H3/t18-,22+,25+/m0/s1. The van der Waals surface area contributed by atoms with Crippen LogP contribution < -0.4 is 10.1 Å². The van der Waals surface area contributed by atoms with E-state index in [1.165, 1.54) is 13.8 Å². The molecule has 0 saturated carbocycles. The zero-order valence-electron chi connectivity index (χ0n) is 21.3. The lowest BCUT2D eigenvalue weighted by Crippen LogP contribution is -2.49. The first-order valence-corrected chi connectivity index (χ1v) is 12.9. The highest BCUT2D eigenvalue weighted by Gasteiger charge is 2.44. The molecule has 3 rings (SSSR count). The summed E-state index contributed by atoms with van der Waals surface area (Å²) in [5.74, 6) is 0.0115. The average molecular weight is 492 g/mol. The topological polar surface area (TPSA) is 114 Å². The van der Waals surface area contributed by atoms with Gasteiger partial charge in [0.2, 0.25) is 0 Å². The van der Waals surface area contributed by atoms with Crippen molar-refractivity contribution in [3.63, 3.8) is 0 Å². The fourth-order valence-electron chi connectivity index (χ4n) is 5.56. The Bertz CT molecular complexity index is 863. The number of phenolic OH excluding ortho intramolecular Hbond substituents is 1. The van der Waals surface area contributed by atoms with Gasteiger partial charge in [0, 0.05) is 31.2 Å². The molecule has 0 spiro atoms. The molecule has 1 aromatic carbocycles. The Kier molecular flexibility index (Phi) is 9.80. The first kappa shape index (κ1) is 27.3. The first-order valence-electron chi connectivity index (χ1n) is 12.9. The van der Waals surface area contributed by atoms with Crippen molar-refractivity contribution in [3.8, 4) is 11.5 Å². The predicted molar refractivity (Wildman–Crippen MR) is 131 cm³/mol. The normalized spacial score (nSPS) is 19.5. The van der Waals surface area contributed by atoms with E-state index in [2.05, 4.69) is 5.32 Å². The second-order valence-electron chi connectivity index (χ2n) is 10.1. The van der Waals surface area contributed by atoms with Gasteiger partial charge in [-0.1, -0.05) is 6.07 Å². The summed E-state index contributed by atoms with van der Waals surface area (Å²) >= 11 is 0. The van der Waals surface area contributed by atoms with Crippen LogP contribution in [0.5, 0.6) is 11.5 Å². The van der Waals surface area contributed by atoms with Gasteiger partial charge >= 0.3 is 11.9 Å². The highest BCUT2D eigenvalue weighted by atomic mass is 16.6. The maximum atomic E-state index is 12.2. The Morgan fingerprint density at radius 1 is 1.14 bits per heavy atom. The molecule has 2 aliphatic heterocycles. The minimum atomic E-state index is -0.438. The fourth-order valence-corrected chi connectivity index (χ4v) is 5.56. The van der Waals surface area contributed by atoms with Crippen LogP contribution in [0.2, 0.25) is 0 Å². The molecule has 0 unspecified atom stereocenters. The zero-order valence-corrected chi connectivity index (χ0v) is 21.3. The zero-order chi connectivity index (χ0) is 25.4. The smallest absolute Gasteiger partial charge is 0.302 e. The monoisotopic (exact) mass is 491 g/mol. The first-order chi connectivity index (χ1) is 16.7. The van der Waals surface area contributed by atoms with Crippen LogP contribution in [0.15, 0.2) is 12.1 Å². The number of benzene rings is 1. The number of rotatable bonds is 11. The molecular weight excluding hydrogens is 450 g/mol. The van der Waals surface area contributed by atoms with Crippen LogP contribution in [0.3, 0.4) is 0 Å². The van der Waals surface area contributed by atoms with Crippen LogP contribution in [-0.4, -0.2) is 60.2 Å². The summed E-state index contributed by atoms with van der Waals surface area (Å²) in [6, 6.07) is 3.65. The molecule has 2 heterocycles. The van der Waals surface area contributed by atoms with Gasteiger partial charge in [-0.3, -0.25) is 9.59 Å². The summed E-state index contributed by atoms with van der Waals surface area (Å²) in [5, 5.41) is 23.4. The molecule has 0 bridgehead atoms. The molecule has 0 amide bonds. The quantitative estimate of drug-likeness (QED) is 0.404. The van der Waals surface area contributed by atoms with E-state index in [0.29, 0.717) is 44.5 Å². The summed E-state index contributed by atoms with van der Waals surface area (Å²) in [7, 11) is 0. The van der Waals surface area contributed by atoms with E-state index >= 15 is 0 Å². The Morgan fingerprint density at radius 3 is 2.51 bits per heavy atom. The summed E-state index contributed by atoms with van der Waals surface area (Å²) in [6.07, 6.45) is 5.09. The van der Waals surface area contributed by atoms with E-state index in [1.807, 2.05) is 6.07 Å². The van der Waals surface area contributed by atoms with Gasteiger partial charge in [-0.25, -0.2) is 0 Å². The number of hydrogen-bond acceptors (Lipinski definition) is 8. The number of ether oxygens (including phenoxy) is 3. The molecule has 3 N–H and O–H groups in total. The van der Waals surface area contributed by atoms with Crippen LogP contribution in [0, 0.1) is 5.41 Å². The molecule has 8 heteroatoms. The van der Waals surface area contributed by atoms with Crippen LogP contribution in [0.4, 0.5) is 0 Å². The van der Waals surface area contributed by atoms with Crippen molar-refractivity contribution in [3.05, 3.63) is 23.3 Å². The SMILES string of the molecule is CC(=O)O[C@H](CCC[C@H](C)O)C[C@@H](OC(C)=O)C1(Cc2ccc(O)c3c2CCCO3)CCNCC1. The van der Waals surface area contributed by atoms with E-state index in [4.69, 9.17) is 14.2 Å².